The molecular weight excluding hydrogens is 505 g/mol. The molecule has 0 aromatic heterocycles. The molecule has 0 amide bonds. The molecule has 1 aliphatic rings. The predicted octanol–water partition coefficient (Wildman–Crippen LogP) is 2.90. The number of nitrogens with one attached hydrogen (secondary N) is 1. The molecule has 1 N–H and O–H groups in total. The number of aliphatic imine (C=N–C) groups is 1. The molecule has 1 aliphatic heterocycles. The summed E-state index contributed by atoms with van der Waals surface area (Å²) in [5, 5.41) is 3.28. The number of guanidine groups is 1. The van der Waals surface area contributed by atoms with Crippen molar-refractivity contribution in [2.45, 2.75) is 19.9 Å². The normalized spacial score (nSPS) is 19.6. The fourth-order valence-electron chi connectivity index (χ4n) is 2.64. The maximum absolute atomic E-state index is 11.5. The summed E-state index contributed by atoms with van der Waals surface area (Å²) < 4.78 is 24.1. The third kappa shape index (κ3) is 6.87. The minimum atomic E-state index is -2.84. The molecule has 5 nitrogen and oxygen atoms in total. The maximum Gasteiger partial charge on any atom is 0.193 e. The standard InChI is InChI=1S/C16H24BrN3O2S.HI/c1-3-18-16(19-10-14-8-9-23(21,22)12-14)20(2)11-13-4-6-15(17)7-5-13;/h4-7,14H,3,8-12H2,1-2H3,(H,18,19);1H. The zero-order chi connectivity index (χ0) is 16.9. The first-order chi connectivity index (χ1) is 10.9. The lowest BCUT2D eigenvalue weighted by Crippen LogP contribution is -2.38. The van der Waals surface area contributed by atoms with Crippen LogP contribution in [0.3, 0.4) is 0 Å². The van der Waals surface area contributed by atoms with Gasteiger partial charge < -0.3 is 10.2 Å². The van der Waals surface area contributed by atoms with E-state index in [1.54, 1.807) is 0 Å². The fraction of sp³-hybridized carbons (Fsp3) is 0.562. The van der Waals surface area contributed by atoms with Gasteiger partial charge in [-0.3, -0.25) is 4.99 Å². The van der Waals surface area contributed by atoms with Crippen molar-refractivity contribution < 1.29 is 8.42 Å². The van der Waals surface area contributed by atoms with Crippen molar-refractivity contribution in [3.05, 3.63) is 34.3 Å². The Bertz CT molecular complexity index is 650. The second kappa shape index (κ2) is 9.96. The van der Waals surface area contributed by atoms with Crippen LogP contribution in [-0.2, 0) is 16.4 Å². The Morgan fingerprint density at radius 3 is 2.58 bits per heavy atom. The van der Waals surface area contributed by atoms with Crippen LogP contribution in [0.25, 0.3) is 0 Å². The molecule has 1 fully saturated rings. The first kappa shape index (κ1) is 21.7. The van der Waals surface area contributed by atoms with Gasteiger partial charge in [-0.15, -0.1) is 24.0 Å². The molecule has 0 aliphatic carbocycles. The molecule has 1 aromatic rings. The van der Waals surface area contributed by atoms with E-state index in [1.807, 2.05) is 26.1 Å². The van der Waals surface area contributed by atoms with E-state index in [2.05, 4.69) is 43.3 Å². The summed E-state index contributed by atoms with van der Waals surface area (Å²) in [5.74, 6) is 1.54. The van der Waals surface area contributed by atoms with Gasteiger partial charge in [-0.2, -0.15) is 0 Å². The third-order valence-electron chi connectivity index (χ3n) is 3.86. The lowest BCUT2D eigenvalue weighted by atomic mass is 10.1. The second-order valence-electron chi connectivity index (χ2n) is 5.95. The predicted molar refractivity (Wildman–Crippen MR) is 114 cm³/mol. The Balaban J connectivity index is 0.00000288. The Morgan fingerprint density at radius 2 is 2.04 bits per heavy atom. The van der Waals surface area contributed by atoms with Crippen LogP contribution in [0.2, 0.25) is 0 Å². The minimum absolute atomic E-state index is 0. The van der Waals surface area contributed by atoms with Gasteiger partial charge in [-0.1, -0.05) is 28.1 Å². The van der Waals surface area contributed by atoms with Crippen LogP contribution in [0.4, 0.5) is 0 Å². The monoisotopic (exact) mass is 529 g/mol. The largest absolute Gasteiger partial charge is 0.357 e. The van der Waals surface area contributed by atoms with Crippen LogP contribution in [0, 0.1) is 5.92 Å². The molecular formula is C16H25BrIN3O2S. The summed E-state index contributed by atoms with van der Waals surface area (Å²) in [6.45, 7) is 4.13. The topological polar surface area (TPSA) is 61.8 Å². The summed E-state index contributed by atoms with van der Waals surface area (Å²) in [6.07, 6.45) is 0.724. The number of hydrogen-bond acceptors (Lipinski definition) is 3. The van der Waals surface area contributed by atoms with E-state index in [0.29, 0.717) is 12.3 Å². The van der Waals surface area contributed by atoms with Gasteiger partial charge in [0.05, 0.1) is 11.5 Å². The lowest BCUT2D eigenvalue weighted by molar-refractivity contribution is 0.472. The Kier molecular flexibility index (Phi) is 9.00. The molecule has 0 bridgehead atoms. The molecule has 8 heteroatoms. The summed E-state index contributed by atoms with van der Waals surface area (Å²) in [6, 6.07) is 8.20. The van der Waals surface area contributed by atoms with Crippen LogP contribution in [0.1, 0.15) is 18.9 Å². The smallest absolute Gasteiger partial charge is 0.193 e. The van der Waals surface area contributed by atoms with Crippen molar-refractivity contribution >= 4 is 55.7 Å². The Hall–Kier alpha value is -0.350. The Morgan fingerprint density at radius 1 is 1.38 bits per heavy atom. The number of benzene rings is 1. The molecule has 0 spiro atoms. The highest BCUT2D eigenvalue weighted by molar-refractivity contribution is 14.0. The van der Waals surface area contributed by atoms with E-state index in [9.17, 15) is 8.42 Å². The van der Waals surface area contributed by atoms with Crippen molar-refractivity contribution in [3.63, 3.8) is 0 Å². The van der Waals surface area contributed by atoms with Gasteiger partial charge in [0, 0.05) is 31.2 Å². The average Bonchev–Trinajstić information content (AvgIpc) is 2.85. The fourth-order valence-corrected chi connectivity index (χ4v) is 4.75. The van der Waals surface area contributed by atoms with Gasteiger partial charge in [-0.25, -0.2) is 8.42 Å². The second-order valence-corrected chi connectivity index (χ2v) is 9.09. The average molecular weight is 530 g/mol. The van der Waals surface area contributed by atoms with Crippen molar-refractivity contribution in [2.24, 2.45) is 10.9 Å². The van der Waals surface area contributed by atoms with Gasteiger partial charge in [0.15, 0.2) is 15.8 Å². The van der Waals surface area contributed by atoms with Crippen LogP contribution < -0.4 is 5.32 Å². The number of sulfone groups is 1. The summed E-state index contributed by atoms with van der Waals surface area (Å²) in [4.78, 5) is 6.70. The highest BCUT2D eigenvalue weighted by Gasteiger charge is 2.27. The highest BCUT2D eigenvalue weighted by Crippen LogP contribution is 2.18. The molecule has 1 aromatic carbocycles. The van der Waals surface area contributed by atoms with E-state index >= 15 is 0 Å². The SMILES string of the molecule is CCNC(=NCC1CCS(=O)(=O)C1)N(C)Cc1ccc(Br)cc1.I. The first-order valence-electron chi connectivity index (χ1n) is 7.84. The molecule has 2 rings (SSSR count). The van der Waals surface area contributed by atoms with Crippen molar-refractivity contribution in [1.82, 2.24) is 10.2 Å². The maximum atomic E-state index is 11.5. The summed E-state index contributed by atoms with van der Waals surface area (Å²) >= 11 is 3.44. The van der Waals surface area contributed by atoms with Crippen molar-refractivity contribution in [1.29, 1.82) is 0 Å². The number of halogens is 2. The molecule has 1 atom stereocenters. The molecule has 0 saturated carbocycles. The number of rotatable bonds is 5. The molecule has 136 valence electrons. The molecule has 1 saturated heterocycles. The van der Waals surface area contributed by atoms with Gasteiger partial charge in [0.2, 0.25) is 0 Å². The van der Waals surface area contributed by atoms with Crippen molar-refractivity contribution in [2.75, 3.05) is 31.6 Å². The van der Waals surface area contributed by atoms with Crippen molar-refractivity contribution in [3.8, 4) is 0 Å². The lowest BCUT2D eigenvalue weighted by Gasteiger charge is -2.22. The van der Waals surface area contributed by atoms with E-state index in [-0.39, 0.29) is 35.6 Å². The number of nitrogens with zero attached hydrogens (tertiary/aromatic N) is 2. The van der Waals surface area contributed by atoms with E-state index < -0.39 is 9.84 Å². The van der Waals surface area contributed by atoms with Gasteiger partial charge in [0.1, 0.15) is 0 Å². The van der Waals surface area contributed by atoms with Crippen LogP contribution in [0.5, 0.6) is 0 Å². The molecule has 1 unspecified atom stereocenters. The first-order valence-corrected chi connectivity index (χ1v) is 10.5. The van der Waals surface area contributed by atoms with Crippen LogP contribution in [0.15, 0.2) is 33.7 Å². The van der Waals surface area contributed by atoms with E-state index in [4.69, 9.17) is 0 Å². The number of hydrogen-bond donors (Lipinski definition) is 1. The van der Waals surface area contributed by atoms with Gasteiger partial charge in [0.25, 0.3) is 0 Å². The summed E-state index contributed by atoms with van der Waals surface area (Å²) in [5.41, 5.74) is 1.20. The van der Waals surface area contributed by atoms with Gasteiger partial charge >= 0.3 is 0 Å². The third-order valence-corrected chi connectivity index (χ3v) is 6.22. The minimum Gasteiger partial charge on any atom is -0.357 e. The Labute approximate surface area is 170 Å². The van der Waals surface area contributed by atoms with Crippen LogP contribution >= 0.6 is 39.9 Å². The van der Waals surface area contributed by atoms with E-state index in [1.165, 1.54) is 5.56 Å². The molecule has 0 radical (unpaired) electrons. The summed E-state index contributed by atoms with van der Waals surface area (Å²) in [7, 11) is -0.841. The van der Waals surface area contributed by atoms with Crippen LogP contribution in [-0.4, -0.2) is 50.9 Å². The zero-order valence-electron chi connectivity index (χ0n) is 14.0. The van der Waals surface area contributed by atoms with E-state index in [0.717, 1.165) is 29.9 Å². The molecule has 24 heavy (non-hydrogen) atoms. The zero-order valence-corrected chi connectivity index (χ0v) is 18.8. The molecule has 1 heterocycles. The van der Waals surface area contributed by atoms with Gasteiger partial charge in [-0.05, 0) is 37.0 Å². The highest BCUT2D eigenvalue weighted by atomic mass is 127. The quantitative estimate of drug-likeness (QED) is 0.362.